The predicted molar refractivity (Wildman–Crippen MR) is 78.9 cm³/mol. The third-order valence-electron chi connectivity index (χ3n) is 5.07. The van der Waals surface area contributed by atoms with E-state index in [1.807, 2.05) is 31.2 Å². The molecule has 1 N–H and O–H groups in total. The quantitative estimate of drug-likeness (QED) is 0.927. The summed E-state index contributed by atoms with van der Waals surface area (Å²) in [6, 6.07) is 7.18. The standard InChI is InChI=1S/C17H21NO3/c1-11-5-2-3-6-12(11)9-15(19)18-10-13-7-4-8-14(13)16(18)17(20)21/h2-3,5-6,13-14,16H,4,7-10H2,1H3,(H,20,21). The van der Waals surface area contributed by atoms with Gasteiger partial charge in [0.1, 0.15) is 6.04 Å². The largest absolute Gasteiger partial charge is 0.480 e. The SMILES string of the molecule is Cc1ccccc1CC(=O)N1CC2CCCC2C1C(=O)O. The van der Waals surface area contributed by atoms with Crippen molar-refractivity contribution in [2.45, 2.75) is 38.6 Å². The molecule has 3 rings (SSSR count). The summed E-state index contributed by atoms with van der Waals surface area (Å²) in [7, 11) is 0. The van der Waals surface area contributed by atoms with Gasteiger partial charge in [-0.25, -0.2) is 4.79 Å². The monoisotopic (exact) mass is 287 g/mol. The minimum Gasteiger partial charge on any atom is -0.480 e. The van der Waals surface area contributed by atoms with E-state index in [0.717, 1.165) is 30.4 Å². The van der Waals surface area contributed by atoms with Crippen LogP contribution in [0, 0.1) is 18.8 Å². The highest BCUT2D eigenvalue weighted by atomic mass is 16.4. The van der Waals surface area contributed by atoms with Gasteiger partial charge in [-0.1, -0.05) is 30.7 Å². The molecule has 1 aliphatic heterocycles. The number of rotatable bonds is 3. The molecule has 112 valence electrons. The van der Waals surface area contributed by atoms with Gasteiger partial charge in [0.15, 0.2) is 0 Å². The summed E-state index contributed by atoms with van der Waals surface area (Å²) in [5.74, 6) is -0.358. The fraction of sp³-hybridized carbons (Fsp3) is 0.529. The average Bonchev–Trinajstić information content (AvgIpc) is 3.00. The molecule has 2 aliphatic rings. The maximum atomic E-state index is 12.6. The molecular weight excluding hydrogens is 266 g/mol. The summed E-state index contributed by atoms with van der Waals surface area (Å²) >= 11 is 0. The molecule has 3 atom stereocenters. The molecule has 1 aromatic rings. The number of likely N-dealkylation sites (tertiary alicyclic amines) is 1. The molecule has 0 radical (unpaired) electrons. The Kier molecular flexibility index (Phi) is 3.70. The number of carboxylic acid groups (broad SMARTS) is 1. The summed E-state index contributed by atoms with van der Waals surface area (Å²) in [5, 5.41) is 9.51. The number of hydrogen-bond acceptors (Lipinski definition) is 2. The molecule has 1 amide bonds. The zero-order valence-corrected chi connectivity index (χ0v) is 12.3. The van der Waals surface area contributed by atoms with Crippen LogP contribution in [0.2, 0.25) is 0 Å². The molecule has 1 saturated carbocycles. The number of benzene rings is 1. The number of nitrogens with zero attached hydrogens (tertiary/aromatic N) is 1. The lowest BCUT2D eigenvalue weighted by Gasteiger charge is -2.24. The van der Waals surface area contributed by atoms with Crippen molar-refractivity contribution in [2.75, 3.05) is 6.54 Å². The first-order valence-electron chi connectivity index (χ1n) is 7.64. The Hall–Kier alpha value is -1.84. The van der Waals surface area contributed by atoms with Crippen LogP contribution in [0.4, 0.5) is 0 Å². The summed E-state index contributed by atoms with van der Waals surface area (Å²) in [6.45, 7) is 2.60. The summed E-state index contributed by atoms with van der Waals surface area (Å²) in [6.07, 6.45) is 3.40. The lowest BCUT2D eigenvalue weighted by atomic mass is 9.94. The smallest absolute Gasteiger partial charge is 0.326 e. The van der Waals surface area contributed by atoms with Crippen molar-refractivity contribution in [3.8, 4) is 0 Å². The summed E-state index contributed by atoms with van der Waals surface area (Å²) in [5.41, 5.74) is 2.07. The van der Waals surface area contributed by atoms with E-state index in [1.54, 1.807) is 4.90 Å². The number of carboxylic acids is 1. The molecule has 3 unspecified atom stereocenters. The molecule has 0 bridgehead atoms. The third kappa shape index (κ3) is 2.55. The van der Waals surface area contributed by atoms with Gasteiger partial charge in [0.05, 0.1) is 6.42 Å². The van der Waals surface area contributed by atoms with Gasteiger partial charge in [-0.05, 0) is 42.7 Å². The predicted octanol–water partition coefficient (Wildman–Crippen LogP) is 2.25. The third-order valence-corrected chi connectivity index (χ3v) is 5.07. The van der Waals surface area contributed by atoms with Crippen LogP contribution in [-0.2, 0) is 16.0 Å². The number of amides is 1. The van der Waals surface area contributed by atoms with Crippen molar-refractivity contribution in [3.05, 3.63) is 35.4 Å². The first kappa shape index (κ1) is 14.1. The van der Waals surface area contributed by atoms with Crippen LogP contribution in [0.1, 0.15) is 30.4 Å². The molecule has 21 heavy (non-hydrogen) atoms. The van der Waals surface area contributed by atoms with Gasteiger partial charge >= 0.3 is 5.97 Å². The van der Waals surface area contributed by atoms with Crippen LogP contribution in [0.3, 0.4) is 0 Å². The Balaban J connectivity index is 1.78. The summed E-state index contributed by atoms with van der Waals surface area (Å²) in [4.78, 5) is 25.8. The van der Waals surface area contributed by atoms with Gasteiger partial charge in [-0.15, -0.1) is 0 Å². The number of aryl methyl sites for hydroxylation is 1. The topological polar surface area (TPSA) is 57.6 Å². The molecule has 1 heterocycles. The van der Waals surface area contributed by atoms with Crippen LogP contribution in [0.15, 0.2) is 24.3 Å². The number of carbonyl (C=O) groups excluding carboxylic acids is 1. The molecule has 2 fully saturated rings. The van der Waals surface area contributed by atoms with Gasteiger partial charge in [0, 0.05) is 6.54 Å². The molecular formula is C17H21NO3. The lowest BCUT2D eigenvalue weighted by molar-refractivity contribution is -0.149. The maximum absolute atomic E-state index is 12.6. The Morgan fingerprint density at radius 3 is 2.76 bits per heavy atom. The molecule has 4 nitrogen and oxygen atoms in total. The zero-order chi connectivity index (χ0) is 15.0. The van der Waals surface area contributed by atoms with Crippen LogP contribution >= 0.6 is 0 Å². The number of aliphatic carboxylic acids is 1. The first-order valence-corrected chi connectivity index (χ1v) is 7.64. The van der Waals surface area contributed by atoms with Gasteiger partial charge in [-0.2, -0.15) is 0 Å². The van der Waals surface area contributed by atoms with E-state index in [-0.39, 0.29) is 11.8 Å². The Morgan fingerprint density at radius 1 is 1.29 bits per heavy atom. The molecule has 0 spiro atoms. The average molecular weight is 287 g/mol. The van der Waals surface area contributed by atoms with E-state index >= 15 is 0 Å². The van der Waals surface area contributed by atoms with E-state index in [2.05, 4.69) is 0 Å². The van der Waals surface area contributed by atoms with Crippen molar-refractivity contribution in [1.82, 2.24) is 4.90 Å². The first-order chi connectivity index (χ1) is 10.1. The van der Waals surface area contributed by atoms with Crippen LogP contribution < -0.4 is 0 Å². The van der Waals surface area contributed by atoms with E-state index < -0.39 is 12.0 Å². The number of fused-ring (bicyclic) bond motifs is 1. The van der Waals surface area contributed by atoms with Crippen molar-refractivity contribution in [1.29, 1.82) is 0 Å². The second-order valence-corrected chi connectivity index (χ2v) is 6.29. The van der Waals surface area contributed by atoms with Gasteiger partial charge in [-0.3, -0.25) is 4.79 Å². The van der Waals surface area contributed by atoms with Crippen LogP contribution in [0.25, 0.3) is 0 Å². The molecule has 0 aromatic heterocycles. The van der Waals surface area contributed by atoms with Crippen molar-refractivity contribution < 1.29 is 14.7 Å². The molecule has 1 aromatic carbocycles. The van der Waals surface area contributed by atoms with Gasteiger partial charge < -0.3 is 10.0 Å². The van der Waals surface area contributed by atoms with E-state index in [4.69, 9.17) is 0 Å². The van der Waals surface area contributed by atoms with Gasteiger partial charge in [0.25, 0.3) is 0 Å². The summed E-state index contributed by atoms with van der Waals surface area (Å²) < 4.78 is 0. The van der Waals surface area contributed by atoms with E-state index in [9.17, 15) is 14.7 Å². The highest BCUT2D eigenvalue weighted by Crippen LogP contribution is 2.42. The van der Waals surface area contributed by atoms with Crippen LogP contribution in [0.5, 0.6) is 0 Å². The fourth-order valence-corrected chi connectivity index (χ4v) is 3.95. The minimum atomic E-state index is -0.845. The Morgan fingerprint density at radius 2 is 2.05 bits per heavy atom. The normalized spacial score (nSPS) is 27.7. The number of hydrogen-bond donors (Lipinski definition) is 1. The van der Waals surface area contributed by atoms with E-state index in [1.165, 1.54) is 0 Å². The van der Waals surface area contributed by atoms with Crippen LogP contribution in [-0.4, -0.2) is 34.5 Å². The highest BCUT2D eigenvalue weighted by molar-refractivity contribution is 5.86. The number of carbonyl (C=O) groups is 2. The van der Waals surface area contributed by atoms with Crippen molar-refractivity contribution in [3.63, 3.8) is 0 Å². The molecule has 1 aliphatic carbocycles. The zero-order valence-electron chi connectivity index (χ0n) is 12.3. The Labute approximate surface area is 124 Å². The highest BCUT2D eigenvalue weighted by Gasteiger charge is 2.49. The van der Waals surface area contributed by atoms with E-state index in [0.29, 0.717) is 18.9 Å². The van der Waals surface area contributed by atoms with Crippen molar-refractivity contribution in [2.24, 2.45) is 11.8 Å². The van der Waals surface area contributed by atoms with Crippen molar-refractivity contribution >= 4 is 11.9 Å². The van der Waals surface area contributed by atoms with Gasteiger partial charge in [0.2, 0.25) is 5.91 Å². The Bertz CT molecular complexity index is 569. The fourth-order valence-electron chi connectivity index (χ4n) is 3.95. The molecule has 4 heteroatoms. The minimum absolute atomic E-state index is 0.0499. The lowest BCUT2D eigenvalue weighted by Crippen LogP contribution is -2.44. The molecule has 1 saturated heterocycles. The second kappa shape index (κ2) is 5.51. The second-order valence-electron chi connectivity index (χ2n) is 6.29. The maximum Gasteiger partial charge on any atom is 0.326 e.